The number of rotatable bonds is 4. The molecule has 0 aliphatic heterocycles. The molecule has 0 saturated heterocycles. The summed E-state index contributed by atoms with van der Waals surface area (Å²) < 4.78 is 15.9. The third-order valence-corrected chi connectivity index (χ3v) is 4.07. The molecule has 4 nitrogen and oxygen atoms in total. The van der Waals surface area contributed by atoms with Crippen molar-refractivity contribution in [1.29, 1.82) is 0 Å². The van der Waals surface area contributed by atoms with Crippen LogP contribution >= 0.6 is 11.3 Å². The second-order valence-electron chi connectivity index (χ2n) is 4.84. The molecule has 0 saturated carbocycles. The van der Waals surface area contributed by atoms with Gasteiger partial charge in [-0.1, -0.05) is 18.2 Å². The average Bonchev–Trinajstić information content (AvgIpc) is 3.17. The number of nitrogens with one attached hydrogen (secondary N) is 1. The lowest BCUT2D eigenvalue weighted by Crippen LogP contribution is -2.31. The molecule has 1 atom stereocenters. The molecule has 0 spiro atoms. The summed E-state index contributed by atoms with van der Waals surface area (Å²) in [6.45, 7) is 0. The lowest BCUT2D eigenvalue weighted by atomic mass is 10.0. The Morgan fingerprint density at radius 1 is 1.36 bits per heavy atom. The quantitative estimate of drug-likeness (QED) is 0.804. The molecular formula is C16H14FN3OS. The molecule has 1 N–H and O–H groups in total. The van der Waals surface area contributed by atoms with Gasteiger partial charge < -0.3 is 9.88 Å². The van der Waals surface area contributed by atoms with E-state index in [1.54, 1.807) is 46.6 Å². The highest BCUT2D eigenvalue weighted by atomic mass is 32.1. The van der Waals surface area contributed by atoms with Crippen molar-refractivity contribution >= 4 is 17.2 Å². The summed E-state index contributed by atoms with van der Waals surface area (Å²) in [6, 6.07) is 7.48. The molecule has 2 aromatic heterocycles. The van der Waals surface area contributed by atoms with Gasteiger partial charge in [0.05, 0.1) is 5.56 Å². The molecule has 0 aliphatic rings. The molecule has 112 valence electrons. The summed E-state index contributed by atoms with van der Waals surface area (Å²) in [7, 11) is 1.81. The van der Waals surface area contributed by atoms with E-state index in [-0.39, 0.29) is 11.7 Å². The molecule has 22 heavy (non-hydrogen) atoms. The van der Waals surface area contributed by atoms with E-state index < -0.39 is 6.04 Å². The van der Waals surface area contributed by atoms with Gasteiger partial charge in [0.15, 0.2) is 0 Å². The Morgan fingerprint density at radius 3 is 2.82 bits per heavy atom. The summed E-state index contributed by atoms with van der Waals surface area (Å²) in [4.78, 5) is 16.6. The number of amides is 1. The fourth-order valence-electron chi connectivity index (χ4n) is 2.25. The monoisotopic (exact) mass is 315 g/mol. The average molecular weight is 315 g/mol. The van der Waals surface area contributed by atoms with Gasteiger partial charge in [0, 0.05) is 30.4 Å². The van der Waals surface area contributed by atoms with Crippen molar-refractivity contribution in [3.8, 4) is 0 Å². The highest BCUT2D eigenvalue weighted by molar-refractivity contribution is 7.08. The summed E-state index contributed by atoms with van der Waals surface area (Å²) in [5.74, 6) is -0.0488. The lowest BCUT2D eigenvalue weighted by Gasteiger charge is -2.19. The van der Waals surface area contributed by atoms with Crippen LogP contribution in [0.4, 0.5) is 4.39 Å². The van der Waals surface area contributed by atoms with E-state index in [1.807, 2.05) is 12.4 Å². The SMILES string of the molecule is Cn1ccnc1C(NC(=O)c1ccsc1)c1ccccc1F. The number of halogens is 1. The fraction of sp³-hybridized carbons (Fsp3) is 0.125. The number of benzene rings is 1. The summed E-state index contributed by atoms with van der Waals surface area (Å²) >= 11 is 1.44. The first-order valence-corrected chi connectivity index (χ1v) is 7.66. The molecule has 1 aromatic carbocycles. The normalized spacial score (nSPS) is 12.1. The van der Waals surface area contributed by atoms with Crippen LogP contribution < -0.4 is 5.32 Å². The summed E-state index contributed by atoms with van der Waals surface area (Å²) in [5, 5.41) is 6.45. The zero-order valence-electron chi connectivity index (χ0n) is 11.9. The van der Waals surface area contributed by atoms with E-state index >= 15 is 0 Å². The van der Waals surface area contributed by atoms with Crippen LogP contribution in [0.5, 0.6) is 0 Å². The van der Waals surface area contributed by atoms with Crippen LogP contribution in [0.3, 0.4) is 0 Å². The zero-order valence-corrected chi connectivity index (χ0v) is 12.7. The van der Waals surface area contributed by atoms with Gasteiger partial charge in [-0.05, 0) is 17.5 Å². The van der Waals surface area contributed by atoms with Crippen LogP contribution in [0.15, 0.2) is 53.5 Å². The smallest absolute Gasteiger partial charge is 0.252 e. The second-order valence-corrected chi connectivity index (χ2v) is 5.62. The Morgan fingerprint density at radius 2 is 2.18 bits per heavy atom. The maximum atomic E-state index is 14.2. The van der Waals surface area contributed by atoms with Crippen LogP contribution in [0, 0.1) is 5.82 Å². The van der Waals surface area contributed by atoms with E-state index in [9.17, 15) is 9.18 Å². The number of carbonyl (C=O) groups excluding carboxylic acids is 1. The van der Waals surface area contributed by atoms with E-state index in [1.165, 1.54) is 17.4 Å². The van der Waals surface area contributed by atoms with Crippen molar-refractivity contribution in [2.45, 2.75) is 6.04 Å². The van der Waals surface area contributed by atoms with Crippen molar-refractivity contribution in [2.24, 2.45) is 7.05 Å². The molecule has 0 bridgehead atoms. The molecule has 3 rings (SSSR count). The number of aromatic nitrogens is 2. The number of carbonyl (C=O) groups is 1. The number of hydrogen-bond acceptors (Lipinski definition) is 3. The molecule has 0 aliphatic carbocycles. The third-order valence-electron chi connectivity index (χ3n) is 3.39. The number of nitrogens with zero attached hydrogens (tertiary/aromatic N) is 2. The van der Waals surface area contributed by atoms with Gasteiger partial charge in [-0.2, -0.15) is 11.3 Å². The van der Waals surface area contributed by atoms with Crippen LogP contribution in [0.2, 0.25) is 0 Å². The van der Waals surface area contributed by atoms with Crippen molar-refractivity contribution in [2.75, 3.05) is 0 Å². The zero-order chi connectivity index (χ0) is 15.5. The van der Waals surface area contributed by atoms with Crippen LogP contribution in [0.1, 0.15) is 27.8 Å². The van der Waals surface area contributed by atoms with Gasteiger partial charge in [-0.25, -0.2) is 9.37 Å². The van der Waals surface area contributed by atoms with Crippen LogP contribution in [0.25, 0.3) is 0 Å². The topological polar surface area (TPSA) is 46.9 Å². The fourth-order valence-corrected chi connectivity index (χ4v) is 2.89. The molecule has 0 radical (unpaired) electrons. The molecule has 1 unspecified atom stereocenters. The largest absolute Gasteiger partial charge is 0.338 e. The molecule has 0 fully saturated rings. The molecule has 3 aromatic rings. The van der Waals surface area contributed by atoms with Gasteiger partial charge in [0.2, 0.25) is 0 Å². The van der Waals surface area contributed by atoms with E-state index in [2.05, 4.69) is 10.3 Å². The van der Waals surface area contributed by atoms with Gasteiger partial charge >= 0.3 is 0 Å². The second kappa shape index (κ2) is 6.11. The van der Waals surface area contributed by atoms with Gasteiger partial charge in [-0.15, -0.1) is 0 Å². The Balaban J connectivity index is 1.99. The van der Waals surface area contributed by atoms with Gasteiger partial charge in [0.1, 0.15) is 17.7 Å². The Kier molecular flexibility index (Phi) is 4.02. The van der Waals surface area contributed by atoms with Crippen LogP contribution in [-0.4, -0.2) is 15.5 Å². The number of aryl methyl sites for hydroxylation is 1. The highest BCUT2D eigenvalue weighted by Gasteiger charge is 2.24. The summed E-state index contributed by atoms with van der Waals surface area (Å²) in [5.41, 5.74) is 0.945. The Hall–Kier alpha value is -2.47. The minimum atomic E-state index is -0.645. The van der Waals surface area contributed by atoms with Crippen molar-refractivity contribution < 1.29 is 9.18 Å². The minimum absolute atomic E-state index is 0.252. The number of imidazole rings is 1. The molecule has 2 heterocycles. The van der Waals surface area contributed by atoms with Crippen molar-refractivity contribution in [1.82, 2.24) is 14.9 Å². The highest BCUT2D eigenvalue weighted by Crippen LogP contribution is 2.23. The van der Waals surface area contributed by atoms with Gasteiger partial charge in [-0.3, -0.25) is 4.79 Å². The van der Waals surface area contributed by atoms with Crippen molar-refractivity contribution in [3.05, 3.63) is 76.3 Å². The van der Waals surface area contributed by atoms with Gasteiger partial charge in [0.25, 0.3) is 5.91 Å². The minimum Gasteiger partial charge on any atom is -0.338 e. The first kappa shape index (κ1) is 14.5. The maximum absolute atomic E-state index is 14.2. The van der Waals surface area contributed by atoms with E-state index in [0.29, 0.717) is 17.0 Å². The standard InChI is InChI=1S/C16H14FN3OS/c1-20-8-7-18-15(20)14(12-4-2-3-5-13(12)17)19-16(21)11-6-9-22-10-11/h2-10,14H,1H3,(H,19,21). The summed E-state index contributed by atoms with van der Waals surface area (Å²) in [6.07, 6.45) is 3.39. The molecule has 1 amide bonds. The Labute approximate surface area is 131 Å². The third kappa shape index (κ3) is 2.78. The molecule has 6 heteroatoms. The first-order valence-electron chi connectivity index (χ1n) is 6.71. The van der Waals surface area contributed by atoms with Crippen LogP contribution in [-0.2, 0) is 7.05 Å². The predicted octanol–water partition coefficient (Wildman–Crippen LogP) is 3.14. The Bertz CT molecular complexity index is 782. The first-order chi connectivity index (χ1) is 10.7. The maximum Gasteiger partial charge on any atom is 0.252 e. The van der Waals surface area contributed by atoms with Crippen molar-refractivity contribution in [3.63, 3.8) is 0 Å². The van der Waals surface area contributed by atoms with E-state index in [4.69, 9.17) is 0 Å². The number of thiophene rings is 1. The molecular weight excluding hydrogens is 301 g/mol. The predicted molar refractivity (Wildman–Crippen MR) is 83.2 cm³/mol. The lowest BCUT2D eigenvalue weighted by molar-refractivity contribution is 0.0941. The number of hydrogen-bond donors (Lipinski definition) is 1. The van der Waals surface area contributed by atoms with E-state index in [0.717, 1.165) is 0 Å².